The molecule has 20 heavy (non-hydrogen) atoms. The predicted molar refractivity (Wildman–Crippen MR) is 86.4 cm³/mol. The summed E-state index contributed by atoms with van der Waals surface area (Å²) in [5.41, 5.74) is 7.32. The van der Waals surface area contributed by atoms with Crippen molar-refractivity contribution in [2.45, 2.75) is 64.3 Å². The van der Waals surface area contributed by atoms with E-state index in [1.165, 1.54) is 55.2 Å². The standard InChI is InChI=1S/C18H28N2/c1-15-8-7-9-16(14-15)12-13-18(20-19)17-10-5-3-2-4-6-11-17/h7-10,14,18,20H,2-6,11-13,19H2,1H3/b17-10+. The molecule has 0 aromatic heterocycles. The maximum Gasteiger partial charge on any atom is 0.0422 e. The summed E-state index contributed by atoms with van der Waals surface area (Å²) in [6, 6.07) is 9.13. The Kier molecular flexibility index (Phi) is 6.28. The van der Waals surface area contributed by atoms with Gasteiger partial charge in [0.15, 0.2) is 0 Å². The molecule has 0 amide bonds. The topological polar surface area (TPSA) is 38.0 Å². The van der Waals surface area contributed by atoms with Gasteiger partial charge in [0.2, 0.25) is 0 Å². The van der Waals surface area contributed by atoms with Crippen LogP contribution in [0.25, 0.3) is 0 Å². The fourth-order valence-corrected chi connectivity index (χ4v) is 3.09. The zero-order valence-electron chi connectivity index (χ0n) is 12.7. The second-order valence-electron chi connectivity index (χ2n) is 5.98. The first-order valence-corrected chi connectivity index (χ1v) is 8.00. The lowest BCUT2D eigenvalue weighted by Gasteiger charge is -2.21. The second-order valence-corrected chi connectivity index (χ2v) is 5.98. The molecule has 1 aliphatic rings. The molecule has 1 aromatic carbocycles. The van der Waals surface area contributed by atoms with Crippen LogP contribution in [-0.2, 0) is 6.42 Å². The van der Waals surface area contributed by atoms with Crippen LogP contribution in [0.1, 0.15) is 56.1 Å². The van der Waals surface area contributed by atoms with E-state index in [-0.39, 0.29) is 0 Å². The first-order chi connectivity index (χ1) is 9.79. The highest BCUT2D eigenvalue weighted by Gasteiger charge is 2.13. The summed E-state index contributed by atoms with van der Waals surface area (Å²) in [6.45, 7) is 2.15. The molecule has 0 bridgehead atoms. The molecule has 0 heterocycles. The van der Waals surface area contributed by atoms with E-state index in [0.29, 0.717) is 6.04 Å². The third-order valence-corrected chi connectivity index (χ3v) is 4.28. The summed E-state index contributed by atoms with van der Waals surface area (Å²) >= 11 is 0. The lowest BCUT2D eigenvalue weighted by molar-refractivity contribution is 0.513. The van der Waals surface area contributed by atoms with E-state index in [9.17, 15) is 0 Å². The number of benzene rings is 1. The van der Waals surface area contributed by atoms with Crippen molar-refractivity contribution in [2.24, 2.45) is 5.84 Å². The number of hydrogen-bond donors (Lipinski definition) is 2. The molecule has 1 aliphatic carbocycles. The zero-order chi connectivity index (χ0) is 14.2. The highest BCUT2D eigenvalue weighted by atomic mass is 15.2. The smallest absolute Gasteiger partial charge is 0.0422 e. The van der Waals surface area contributed by atoms with Gasteiger partial charge in [-0.3, -0.25) is 11.3 Å². The lowest BCUT2D eigenvalue weighted by Crippen LogP contribution is -2.37. The van der Waals surface area contributed by atoms with Gasteiger partial charge >= 0.3 is 0 Å². The van der Waals surface area contributed by atoms with Gasteiger partial charge in [0, 0.05) is 6.04 Å². The van der Waals surface area contributed by atoms with E-state index >= 15 is 0 Å². The fraction of sp³-hybridized carbons (Fsp3) is 0.556. The van der Waals surface area contributed by atoms with Crippen molar-refractivity contribution in [1.29, 1.82) is 0 Å². The van der Waals surface area contributed by atoms with E-state index in [1.54, 1.807) is 0 Å². The van der Waals surface area contributed by atoms with Gasteiger partial charge in [-0.05, 0) is 51.0 Å². The van der Waals surface area contributed by atoms with Crippen LogP contribution < -0.4 is 11.3 Å². The van der Waals surface area contributed by atoms with Gasteiger partial charge in [0.1, 0.15) is 0 Å². The van der Waals surface area contributed by atoms with Gasteiger partial charge in [-0.1, -0.05) is 54.3 Å². The average molecular weight is 272 g/mol. The second kappa shape index (κ2) is 8.23. The molecule has 2 nitrogen and oxygen atoms in total. The van der Waals surface area contributed by atoms with Crippen LogP contribution in [0, 0.1) is 6.92 Å². The number of aryl methyl sites for hydroxylation is 2. The average Bonchev–Trinajstić information content (AvgIpc) is 2.41. The monoisotopic (exact) mass is 272 g/mol. The molecule has 1 aromatic rings. The summed E-state index contributed by atoms with van der Waals surface area (Å²) in [5, 5.41) is 0. The first kappa shape index (κ1) is 15.3. The van der Waals surface area contributed by atoms with E-state index in [0.717, 1.165) is 12.8 Å². The number of allylic oxidation sites excluding steroid dienone is 1. The molecule has 0 fully saturated rings. The number of rotatable bonds is 5. The Morgan fingerprint density at radius 1 is 1.20 bits per heavy atom. The maximum atomic E-state index is 5.80. The molecule has 0 spiro atoms. The van der Waals surface area contributed by atoms with Crippen LogP contribution in [-0.4, -0.2) is 6.04 Å². The van der Waals surface area contributed by atoms with E-state index in [1.807, 2.05) is 0 Å². The minimum absolute atomic E-state index is 0.341. The maximum absolute atomic E-state index is 5.80. The zero-order valence-corrected chi connectivity index (χ0v) is 12.7. The van der Waals surface area contributed by atoms with E-state index in [4.69, 9.17) is 5.84 Å². The summed E-state index contributed by atoms with van der Waals surface area (Å²) in [4.78, 5) is 0. The van der Waals surface area contributed by atoms with Crippen molar-refractivity contribution in [1.82, 2.24) is 5.43 Å². The van der Waals surface area contributed by atoms with Crippen molar-refractivity contribution in [2.75, 3.05) is 0 Å². The van der Waals surface area contributed by atoms with Crippen LogP contribution in [0.3, 0.4) is 0 Å². The molecule has 110 valence electrons. The van der Waals surface area contributed by atoms with Gasteiger partial charge in [-0.15, -0.1) is 0 Å². The van der Waals surface area contributed by atoms with Gasteiger partial charge in [-0.2, -0.15) is 0 Å². The summed E-state index contributed by atoms with van der Waals surface area (Å²) < 4.78 is 0. The van der Waals surface area contributed by atoms with Crippen molar-refractivity contribution < 1.29 is 0 Å². The number of hydrazine groups is 1. The van der Waals surface area contributed by atoms with E-state index < -0.39 is 0 Å². The van der Waals surface area contributed by atoms with Crippen LogP contribution >= 0.6 is 0 Å². The fourth-order valence-electron chi connectivity index (χ4n) is 3.09. The van der Waals surface area contributed by atoms with E-state index in [2.05, 4.69) is 42.7 Å². The minimum atomic E-state index is 0.341. The lowest BCUT2D eigenvalue weighted by atomic mass is 9.92. The molecule has 2 rings (SSSR count). The Labute approximate surface area is 123 Å². The summed E-state index contributed by atoms with van der Waals surface area (Å²) in [7, 11) is 0. The highest BCUT2D eigenvalue weighted by molar-refractivity contribution is 5.23. The molecule has 2 heteroatoms. The largest absolute Gasteiger partial charge is 0.271 e. The van der Waals surface area contributed by atoms with Crippen LogP contribution in [0.5, 0.6) is 0 Å². The molecular formula is C18H28N2. The third-order valence-electron chi connectivity index (χ3n) is 4.28. The van der Waals surface area contributed by atoms with Gasteiger partial charge in [0.05, 0.1) is 0 Å². The van der Waals surface area contributed by atoms with Crippen molar-refractivity contribution in [3.05, 3.63) is 47.0 Å². The van der Waals surface area contributed by atoms with Gasteiger partial charge in [0.25, 0.3) is 0 Å². The summed E-state index contributed by atoms with van der Waals surface area (Å²) in [6.07, 6.45) is 12.4. The Balaban J connectivity index is 1.94. The van der Waals surface area contributed by atoms with Crippen LogP contribution in [0.2, 0.25) is 0 Å². The number of hydrogen-bond acceptors (Lipinski definition) is 2. The first-order valence-electron chi connectivity index (χ1n) is 8.00. The SMILES string of the molecule is Cc1cccc(CCC(NN)/C2=C/CCCCCC2)c1. The quantitative estimate of drug-likeness (QED) is 0.482. The molecule has 3 N–H and O–H groups in total. The number of nitrogens with one attached hydrogen (secondary N) is 1. The molecule has 0 saturated heterocycles. The Hall–Kier alpha value is -1.12. The molecule has 0 saturated carbocycles. The Morgan fingerprint density at radius 2 is 2.05 bits per heavy atom. The van der Waals surface area contributed by atoms with Crippen molar-refractivity contribution >= 4 is 0 Å². The Morgan fingerprint density at radius 3 is 2.85 bits per heavy atom. The van der Waals surface area contributed by atoms with Crippen molar-refractivity contribution in [3.63, 3.8) is 0 Å². The van der Waals surface area contributed by atoms with Gasteiger partial charge < -0.3 is 0 Å². The highest BCUT2D eigenvalue weighted by Crippen LogP contribution is 2.22. The number of nitrogens with two attached hydrogens (primary N) is 1. The van der Waals surface area contributed by atoms with Gasteiger partial charge in [-0.25, -0.2) is 0 Å². The van der Waals surface area contributed by atoms with Crippen LogP contribution in [0.15, 0.2) is 35.9 Å². The summed E-state index contributed by atoms with van der Waals surface area (Å²) in [5.74, 6) is 5.80. The predicted octanol–water partition coefficient (Wildman–Crippen LogP) is 4.04. The molecule has 1 unspecified atom stereocenters. The minimum Gasteiger partial charge on any atom is -0.271 e. The van der Waals surface area contributed by atoms with Crippen LogP contribution in [0.4, 0.5) is 0 Å². The molecular weight excluding hydrogens is 244 g/mol. The normalized spacial score (nSPS) is 20.6. The molecule has 1 atom stereocenters. The molecule has 0 radical (unpaired) electrons. The molecule has 0 aliphatic heterocycles. The van der Waals surface area contributed by atoms with Crippen molar-refractivity contribution in [3.8, 4) is 0 Å². The third kappa shape index (κ3) is 4.77. The Bertz CT molecular complexity index is 437.